The molecule has 0 fully saturated rings. The van der Waals surface area contributed by atoms with Gasteiger partial charge in [0.15, 0.2) is 0 Å². The van der Waals surface area contributed by atoms with Gasteiger partial charge in [-0.25, -0.2) is 0 Å². The van der Waals surface area contributed by atoms with Gasteiger partial charge in [-0.1, -0.05) is 237 Å². The molecule has 0 amide bonds. The first-order chi connectivity index (χ1) is 36.7. The van der Waals surface area contributed by atoms with Crippen LogP contribution in [0.3, 0.4) is 0 Å². The lowest BCUT2D eigenvalue weighted by atomic mass is 10.1. The van der Waals surface area contributed by atoms with Crippen molar-refractivity contribution in [2.45, 2.75) is 391 Å². The van der Waals surface area contributed by atoms with Crippen LogP contribution in [0, 0.1) is 0 Å². The smallest absolute Gasteiger partial charge is 0.0786 e. The van der Waals surface area contributed by atoms with Gasteiger partial charge in [-0.05, 0) is 154 Å². The van der Waals surface area contributed by atoms with Crippen molar-refractivity contribution in [3.63, 3.8) is 0 Å². The highest BCUT2D eigenvalue weighted by Gasteiger charge is 2.28. The van der Waals surface area contributed by atoms with Crippen molar-refractivity contribution >= 4 is 0 Å². The summed E-state index contributed by atoms with van der Waals surface area (Å²) in [7, 11) is 0. The van der Waals surface area contributed by atoms with Crippen molar-refractivity contribution in [3.05, 3.63) is 0 Å². The van der Waals surface area contributed by atoms with E-state index in [1.165, 1.54) is 400 Å². The molecule has 0 bridgehead atoms. The van der Waals surface area contributed by atoms with Crippen LogP contribution in [0.25, 0.3) is 0 Å². The minimum absolute atomic E-state index is 0. The van der Waals surface area contributed by atoms with Gasteiger partial charge < -0.3 is 47.5 Å². The third-order valence-corrected chi connectivity index (χ3v) is 17.8. The molecule has 6 heteroatoms. The fraction of sp³-hybridized carbons (Fsp3) is 1.00. The van der Waals surface area contributed by atoms with Crippen molar-refractivity contribution in [2.75, 3.05) is 78.5 Å². The Balaban J connectivity index is -0.000000245. The largest absolute Gasteiger partial charge is 1.00 e. The van der Waals surface area contributed by atoms with Gasteiger partial charge in [-0.3, -0.25) is 0 Å². The first kappa shape index (κ1) is 89.8. The SMILES string of the molecule is CCCCCC[N+](CCCCCC)(CCCCCC)CCCCCC.CCCCCC[N+](CCCCCC)(CCCCCC)CCCCCC.CCCCCC[N+](CCCCCC)(CCCCCC)CCCCCC.[Br-].[Cl-].[F-]. The van der Waals surface area contributed by atoms with Crippen LogP contribution in [0.5, 0.6) is 0 Å². The molecule has 3 nitrogen and oxygen atoms in total. The minimum Gasteiger partial charge on any atom is -1.00 e. The Labute approximate surface area is 514 Å². The average Bonchev–Trinajstić information content (AvgIpc) is 3.42. The van der Waals surface area contributed by atoms with Crippen LogP contribution in [-0.4, -0.2) is 92.0 Å². The highest BCUT2D eigenvalue weighted by Crippen LogP contribution is 2.23. The molecular weight excluding hydrogens is 1040 g/mol. The normalized spacial score (nSPS) is 11.5. The molecule has 0 saturated carbocycles. The van der Waals surface area contributed by atoms with Gasteiger partial charge in [0.25, 0.3) is 0 Å². The fourth-order valence-electron chi connectivity index (χ4n) is 12.5. The molecule has 0 heterocycles. The van der Waals surface area contributed by atoms with Crippen molar-refractivity contribution in [1.29, 1.82) is 0 Å². The standard InChI is InChI=1S/3C24H52N.BrH.ClH.FH/c3*1-5-9-13-17-21-25(22-18-14-10-6-2,23-19-15-11-7-3)24-20-16-12-8-4;;;/h3*5-24H2,1-4H3;3*1H/q3*+1;;;/p-3. The average molecular weight is 1200 g/mol. The number of hydrogen-bond acceptors (Lipinski definition) is 0. The van der Waals surface area contributed by atoms with E-state index in [1.54, 1.807) is 0 Å². The van der Waals surface area contributed by atoms with Crippen LogP contribution in [0.1, 0.15) is 391 Å². The maximum absolute atomic E-state index is 2.34. The van der Waals surface area contributed by atoms with E-state index in [0.717, 1.165) is 0 Å². The van der Waals surface area contributed by atoms with E-state index in [-0.39, 0.29) is 34.1 Å². The molecule has 0 N–H and O–H groups in total. The maximum atomic E-state index is 2.34. The molecule has 0 aromatic carbocycles. The molecule has 0 saturated heterocycles. The summed E-state index contributed by atoms with van der Waals surface area (Å²) in [6.45, 7) is 45.6. The van der Waals surface area contributed by atoms with E-state index < -0.39 is 0 Å². The molecule has 0 rings (SSSR count). The van der Waals surface area contributed by atoms with Gasteiger partial charge in [-0.2, -0.15) is 0 Å². The van der Waals surface area contributed by atoms with Gasteiger partial charge in [0.2, 0.25) is 0 Å². The summed E-state index contributed by atoms with van der Waals surface area (Å²) in [5.41, 5.74) is 0. The highest BCUT2D eigenvalue weighted by atomic mass is 79.9. The Morgan fingerprint density at radius 1 is 0.141 bits per heavy atom. The number of nitrogens with zero attached hydrogens (tertiary/aromatic N) is 3. The number of unbranched alkanes of at least 4 members (excludes halogenated alkanes) is 36. The van der Waals surface area contributed by atoms with Crippen LogP contribution in [0.15, 0.2) is 0 Å². The number of hydrogen-bond donors (Lipinski definition) is 0. The summed E-state index contributed by atoms with van der Waals surface area (Å²) >= 11 is 0. The zero-order valence-electron chi connectivity index (χ0n) is 56.9. The molecule has 0 aromatic rings. The zero-order valence-corrected chi connectivity index (χ0v) is 59.2. The maximum Gasteiger partial charge on any atom is 0.0786 e. The minimum atomic E-state index is 0. The Bertz CT molecular complexity index is 732. The van der Waals surface area contributed by atoms with Crippen molar-refractivity contribution in [1.82, 2.24) is 0 Å². The van der Waals surface area contributed by atoms with Gasteiger partial charge in [-0.15, -0.1) is 0 Å². The third-order valence-electron chi connectivity index (χ3n) is 17.8. The van der Waals surface area contributed by atoms with Gasteiger partial charge in [0.1, 0.15) is 0 Å². The zero-order chi connectivity index (χ0) is 55.9. The number of halogens is 3. The summed E-state index contributed by atoms with van der Waals surface area (Å²) in [5.74, 6) is 0. The Morgan fingerprint density at radius 3 is 0.282 bits per heavy atom. The second-order valence-electron chi connectivity index (χ2n) is 25.4. The summed E-state index contributed by atoms with van der Waals surface area (Å²) in [6.07, 6.45) is 68.5. The summed E-state index contributed by atoms with van der Waals surface area (Å²) in [5, 5.41) is 0. The van der Waals surface area contributed by atoms with Gasteiger partial charge in [0.05, 0.1) is 78.5 Å². The van der Waals surface area contributed by atoms with Crippen LogP contribution in [0.2, 0.25) is 0 Å². The number of rotatable bonds is 60. The van der Waals surface area contributed by atoms with Gasteiger partial charge in [0, 0.05) is 0 Å². The van der Waals surface area contributed by atoms with E-state index in [0.29, 0.717) is 0 Å². The second kappa shape index (κ2) is 73.7. The molecule has 480 valence electrons. The highest BCUT2D eigenvalue weighted by molar-refractivity contribution is 4.57. The lowest BCUT2D eigenvalue weighted by molar-refractivity contribution is -0.929. The van der Waals surface area contributed by atoms with E-state index >= 15 is 0 Å². The fourth-order valence-corrected chi connectivity index (χ4v) is 12.5. The quantitative estimate of drug-likeness (QED) is 0.0421. The van der Waals surface area contributed by atoms with Crippen LogP contribution in [0.4, 0.5) is 0 Å². The first-order valence-corrected chi connectivity index (χ1v) is 36.3. The predicted molar refractivity (Wildman–Crippen MR) is 349 cm³/mol. The molecule has 0 radical (unpaired) electrons. The van der Waals surface area contributed by atoms with Crippen LogP contribution in [-0.2, 0) is 0 Å². The first-order valence-electron chi connectivity index (χ1n) is 36.3. The molecule has 0 aliphatic rings. The lowest BCUT2D eigenvalue weighted by Crippen LogP contribution is -3.00. The van der Waals surface area contributed by atoms with Crippen LogP contribution >= 0.6 is 0 Å². The topological polar surface area (TPSA) is 0 Å². The second-order valence-corrected chi connectivity index (χ2v) is 25.4. The number of quaternary nitrogens is 3. The lowest BCUT2D eigenvalue weighted by Gasteiger charge is -2.39. The molecule has 0 aliphatic heterocycles. The Hall–Kier alpha value is 0.580. The molecular formula is C72H156BrClFN3. The predicted octanol–water partition coefficient (Wildman–Crippen LogP) is 15.4. The molecule has 0 atom stereocenters. The van der Waals surface area contributed by atoms with Gasteiger partial charge >= 0.3 is 0 Å². The summed E-state index contributed by atoms with van der Waals surface area (Å²) in [4.78, 5) is 0. The van der Waals surface area contributed by atoms with Crippen molar-refractivity contribution in [2.24, 2.45) is 0 Å². The Kier molecular flexibility index (Phi) is 84.8. The van der Waals surface area contributed by atoms with E-state index in [1.807, 2.05) is 0 Å². The molecule has 78 heavy (non-hydrogen) atoms. The van der Waals surface area contributed by atoms with Crippen LogP contribution < -0.4 is 34.1 Å². The molecule has 0 unspecified atom stereocenters. The molecule has 0 spiro atoms. The van der Waals surface area contributed by atoms with E-state index in [9.17, 15) is 0 Å². The summed E-state index contributed by atoms with van der Waals surface area (Å²) < 4.78 is 4.38. The van der Waals surface area contributed by atoms with Crippen molar-refractivity contribution in [3.8, 4) is 0 Å². The van der Waals surface area contributed by atoms with E-state index in [2.05, 4.69) is 83.1 Å². The van der Waals surface area contributed by atoms with E-state index in [4.69, 9.17) is 0 Å². The third kappa shape index (κ3) is 61.1. The Morgan fingerprint density at radius 2 is 0.218 bits per heavy atom. The monoisotopic (exact) mass is 1200 g/mol. The van der Waals surface area contributed by atoms with Crippen molar-refractivity contribution < 1.29 is 47.5 Å². The molecule has 0 aromatic heterocycles. The summed E-state index contributed by atoms with van der Waals surface area (Å²) in [6, 6.07) is 0. The molecule has 0 aliphatic carbocycles.